The summed E-state index contributed by atoms with van der Waals surface area (Å²) in [7, 11) is 0. The first-order valence-corrected chi connectivity index (χ1v) is 16.2. The van der Waals surface area contributed by atoms with Gasteiger partial charge in [-0.25, -0.2) is 9.97 Å². The van der Waals surface area contributed by atoms with Gasteiger partial charge in [0.2, 0.25) is 0 Å². The molecule has 10 rings (SSSR count). The highest BCUT2D eigenvalue weighted by molar-refractivity contribution is 6.07. The molecule has 47 heavy (non-hydrogen) atoms. The van der Waals surface area contributed by atoms with Crippen LogP contribution in [0.3, 0.4) is 0 Å². The van der Waals surface area contributed by atoms with Crippen LogP contribution in [0.2, 0.25) is 0 Å². The molecule has 0 amide bonds. The number of nitrogens with zero attached hydrogens (tertiary/aromatic N) is 2. The van der Waals surface area contributed by atoms with Crippen molar-refractivity contribution in [2.24, 2.45) is 0 Å². The van der Waals surface area contributed by atoms with E-state index in [0.29, 0.717) is 0 Å². The minimum atomic E-state index is -0.468. The maximum atomic E-state index is 5.22. The molecule has 218 valence electrons. The van der Waals surface area contributed by atoms with Gasteiger partial charge in [0.1, 0.15) is 0 Å². The van der Waals surface area contributed by atoms with Gasteiger partial charge in [0.05, 0.1) is 16.8 Å². The van der Waals surface area contributed by atoms with Crippen LogP contribution in [-0.4, -0.2) is 9.97 Å². The number of hydrogen-bond donors (Lipinski definition) is 0. The van der Waals surface area contributed by atoms with E-state index in [1.165, 1.54) is 55.3 Å². The summed E-state index contributed by atoms with van der Waals surface area (Å²) in [5, 5.41) is 2.60. The van der Waals surface area contributed by atoms with Gasteiger partial charge < -0.3 is 0 Å². The van der Waals surface area contributed by atoms with E-state index in [9.17, 15) is 0 Å². The summed E-state index contributed by atoms with van der Waals surface area (Å²) < 4.78 is 0. The molecule has 0 aliphatic heterocycles. The third-order valence-electron chi connectivity index (χ3n) is 10.1. The predicted molar refractivity (Wildman–Crippen MR) is 192 cm³/mol. The van der Waals surface area contributed by atoms with E-state index >= 15 is 0 Å². The molecule has 2 aliphatic rings. The lowest BCUT2D eigenvalue weighted by atomic mass is 9.61. The van der Waals surface area contributed by atoms with Crippen LogP contribution in [-0.2, 0) is 5.41 Å². The van der Waals surface area contributed by atoms with Gasteiger partial charge in [-0.05, 0) is 67.4 Å². The zero-order chi connectivity index (χ0) is 31.0. The molecule has 1 atom stereocenters. The summed E-state index contributed by atoms with van der Waals surface area (Å²) in [6.07, 6.45) is 0. The first kappa shape index (κ1) is 26.1. The van der Waals surface area contributed by atoms with Crippen molar-refractivity contribution in [2.75, 3.05) is 0 Å². The molecule has 1 spiro atoms. The van der Waals surface area contributed by atoms with Crippen LogP contribution in [0.25, 0.3) is 66.9 Å². The Bertz CT molecular complexity index is 2450. The van der Waals surface area contributed by atoms with Crippen molar-refractivity contribution in [1.29, 1.82) is 0 Å². The first-order valence-electron chi connectivity index (χ1n) is 16.2. The van der Waals surface area contributed by atoms with Gasteiger partial charge in [0.15, 0.2) is 5.82 Å². The van der Waals surface area contributed by atoms with Gasteiger partial charge in [-0.2, -0.15) is 0 Å². The highest BCUT2D eigenvalue weighted by Crippen LogP contribution is 2.62. The van der Waals surface area contributed by atoms with Crippen molar-refractivity contribution in [2.45, 2.75) is 5.41 Å². The van der Waals surface area contributed by atoms with Gasteiger partial charge in [-0.1, -0.05) is 158 Å². The summed E-state index contributed by atoms with van der Waals surface area (Å²) >= 11 is 0. The van der Waals surface area contributed by atoms with Crippen molar-refractivity contribution >= 4 is 10.8 Å². The summed E-state index contributed by atoms with van der Waals surface area (Å²) in [5.74, 6) is 0.724. The summed E-state index contributed by atoms with van der Waals surface area (Å²) in [6, 6.07) is 61.3. The van der Waals surface area contributed by atoms with Crippen molar-refractivity contribution < 1.29 is 0 Å². The second kappa shape index (κ2) is 9.94. The number of hydrogen-bond acceptors (Lipinski definition) is 2. The minimum absolute atomic E-state index is 0.468. The third kappa shape index (κ3) is 3.67. The second-order valence-corrected chi connectivity index (χ2v) is 12.5. The number of aromatic nitrogens is 2. The molecule has 2 aliphatic carbocycles. The van der Waals surface area contributed by atoms with Gasteiger partial charge in [0, 0.05) is 16.7 Å². The molecule has 1 heterocycles. The maximum Gasteiger partial charge on any atom is 0.160 e. The summed E-state index contributed by atoms with van der Waals surface area (Å²) in [5.41, 5.74) is 15.0. The lowest BCUT2D eigenvalue weighted by Crippen LogP contribution is -2.31. The average Bonchev–Trinajstić information content (AvgIpc) is 3.44. The van der Waals surface area contributed by atoms with E-state index in [-0.39, 0.29) is 0 Å². The Morgan fingerprint density at radius 3 is 1.60 bits per heavy atom. The van der Waals surface area contributed by atoms with Gasteiger partial charge >= 0.3 is 0 Å². The standard InChI is InChI=1S/C45H28N2/c1-3-13-29(14-4-1)41-28-42(47-44(46-41)31-15-5-2-6-16-31)32-25-26-35-33-19-7-9-22-37(33)45(40(35)27-32)38-23-10-8-20-34(38)36-21-11-17-30-18-12-24-39(45)43(30)36/h1-28H. The van der Waals surface area contributed by atoms with E-state index in [1.54, 1.807) is 0 Å². The molecule has 2 heteroatoms. The lowest BCUT2D eigenvalue weighted by molar-refractivity contribution is 0.773. The molecule has 2 nitrogen and oxygen atoms in total. The Kier molecular flexibility index (Phi) is 5.53. The van der Waals surface area contributed by atoms with Gasteiger partial charge in [0.25, 0.3) is 0 Å². The number of rotatable bonds is 3. The monoisotopic (exact) mass is 596 g/mol. The summed E-state index contributed by atoms with van der Waals surface area (Å²) in [6.45, 7) is 0. The molecule has 1 unspecified atom stereocenters. The second-order valence-electron chi connectivity index (χ2n) is 12.5. The van der Waals surface area contributed by atoms with Crippen LogP contribution in [0.4, 0.5) is 0 Å². The van der Waals surface area contributed by atoms with E-state index in [0.717, 1.165) is 33.9 Å². The Hall–Kier alpha value is -6.12. The largest absolute Gasteiger partial charge is 0.228 e. The molecular formula is C45H28N2. The molecule has 0 saturated heterocycles. The normalized spacial score (nSPS) is 15.3. The zero-order valence-corrected chi connectivity index (χ0v) is 25.6. The molecule has 0 bridgehead atoms. The third-order valence-corrected chi connectivity index (χ3v) is 10.1. The zero-order valence-electron chi connectivity index (χ0n) is 25.6. The predicted octanol–water partition coefficient (Wildman–Crippen LogP) is 11.0. The highest BCUT2D eigenvalue weighted by atomic mass is 14.9. The van der Waals surface area contributed by atoms with Crippen molar-refractivity contribution in [3.05, 3.63) is 192 Å². The van der Waals surface area contributed by atoms with E-state index in [1.807, 2.05) is 24.3 Å². The Morgan fingerprint density at radius 1 is 0.340 bits per heavy atom. The van der Waals surface area contributed by atoms with Crippen molar-refractivity contribution in [3.8, 4) is 56.2 Å². The van der Waals surface area contributed by atoms with Crippen LogP contribution in [0.15, 0.2) is 170 Å². The molecule has 0 radical (unpaired) electrons. The van der Waals surface area contributed by atoms with Crippen LogP contribution in [0.1, 0.15) is 22.3 Å². The molecule has 0 saturated carbocycles. The topological polar surface area (TPSA) is 25.8 Å². The molecule has 0 N–H and O–H groups in total. The molecule has 1 aromatic heterocycles. The van der Waals surface area contributed by atoms with E-state index in [2.05, 4.69) is 146 Å². The van der Waals surface area contributed by atoms with Crippen LogP contribution < -0.4 is 0 Å². The molecule has 7 aromatic carbocycles. The summed E-state index contributed by atoms with van der Waals surface area (Å²) in [4.78, 5) is 10.3. The quantitative estimate of drug-likeness (QED) is 0.203. The van der Waals surface area contributed by atoms with E-state index < -0.39 is 5.41 Å². The Balaban J connectivity index is 1.29. The maximum absolute atomic E-state index is 5.22. The van der Waals surface area contributed by atoms with Crippen molar-refractivity contribution in [3.63, 3.8) is 0 Å². The lowest BCUT2D eigenvalue weighted by Gasteiger charge is -2.40. The minimum Gasteiger partial charge on any atom is -0.228 e. The fourth-order valence-corrected chi connectivity index (χ4v) is 8.16. The molecule has 0 fully saturated rings. The van der Waals surface area contributed by atoms with Crippen LogP contribution >= 0.6 is 0 Å². The average molecular weight is 597 g/mol. The highest BCUT2D eigenvalue weighted by Gasteiger charge is 2.50. The van der Waals surface area contributed by atoms with Gasteiger partial charge in [-0.3, -0.25) is 0 Å². The fourth-order valence-electron chi connectivity index (χ4n) is 8.16. The van der Waals surface area contributed by atoms with Crippen LogP contribution in [0, 0.1) is 0 Å². The number of fused-ring (bicyclic) bond motifs is 9. The molecular weight excluding hydrogens is 569 g/mol. The Morgan fingerprint density at radius 2 is 0.872 bits per heavy atom. The van der Waals surface area contributed by atoms with Crippen molar-refractivity contribution in [1.82, 2.24) is 9.97 Å². The first-order chi connectivity index (χ1) is 23.3. The fraction of sp³-hybridized carbons (Fsp3) is 0.0222. The number of benzene rings is 7. The van der Waals surface area contributed by atoms with Gasteiger partial charge in [-0.15, -0.1) is 0 Å². The smallest absolute Gasteiger partial charge is 0.160 e. The Labute approximate surface area is 273 Å². The SMILES string of the molecule is c1ccc(-c2cc(-c3ccc4c(c3)C3(c5ccccc5-4)c4ccccc4-c4cccc5cccc3c45)nc(-c3ccccc3)n2)cc1. The molecule has 8 aromatic rings. The van der Waals surface area contributed by atoms with Crippen LogP contribution in [0.5, 0.6) is 0 Å². The van der Waals surface area contributed by atoms with E-state index in [4.69, 9.17) is 9.97 Å².